The summed E-state index contributed by atoms with van der Waals surface area (Å²) in [6, 6.07) is 2.28. The monoisotopic (exact) mass is 260 g/mol. The van der Waals surface area contributed by atoms with Crippen LogP contribution in [0.4, 0.5) is 5.82 Å². The zero-order valence-electron chi connectivity index (χ0n) is 12.3. The number of nitriles is 1. The number of nitrogens with zero attached hydrogens (tertiary/aromatic N) is 3. The molecule has 0 unspecified atom stereocenters. The third-order valence-electron chi connectivity index (χ3n) is 3.28. The molecule has 0 radical (unpaired) electrons. The minimum atomic E-state index is 0.646. The van der Waals surface area contributed by atoms with Gasteiger partial charge in [-0.2, -0.15) is 10.4 Å². The van der Waals surface area contributed by atoms with Crippen LogP contribution >= 0.6 is 0 Å². The fourth-order valence-corrected chi connectivity index (χ4v) is 2.18. The van der Waals surface area contributed by atoms with E-state index in [1.165, 1.54) is 19.3 Å². The molecule has 0 aliphatic carbocycles. The van der Waals surface area contributed by atoms with E-state index in [4.69, 9.17) is 0 Å². The van der Waals surface area contributed by atoms with Gasteiger partial charge in [-0.05, 0) is 24.8 Å². The van der Waals surface area contributed by atoms with E-state index in [0.29, 0.717) is 11.4 Å². The first-order valence-corrected chi connectivity index (χ1v) is 7.30. The van der Waals surface area contributed by atoms with Crippen LogP contribution in [0.2, 0.25) is 0 Å². The van der Waals surface area contributed by atoms with Crippen molar-refractivity contribution in [2.45, 2.75) is 59.3 Å². The molecule has 4 heteroatoms. The molecule has 1 aromatic heterocycles. The number of hydrogen-bond acceptors (Lipinski definition) is 4. The average Bonchev–Trinajstić information content (AvgIpc) is 2.45. The van der Waals surface area contributed by atoms with Gasteiger partial charge in [0.1, 0.15) is 11.6 Å². The third-order valence-corrected chi connectivity index (χ3v) is 3.28. The summed E-state index contributed by atoms with van der Waals surface area (Å²) < 4.78 is 0. The third kappa shape index (κ3) is 4.20. The van der Waals surface area contributed by atoms with E-state index in [1.54, 1.807) is 0 Å². The van der Waals surface area contributed by atoms with Crippen LogP contribution in [0.3, 0.4) is 0 Å². The molecule has 0 aliphatic rings. The molecule has 0 fully saturated rings. The number of rotatable bonds is 8. The average molecular weight is 260 g/mol. The maximum Gasteiger partial charge on any atom is 0.166 e. The second kappa shape index (κ2) is 8.47. The van der Waals surface area contributed by atoms with Gasteiger partial charge < -0.3 is 5.32 Å². The van der Waals surface area contributed by atoms with Gasteiger partial charge in [0.2, 0.25) is 0 Å². The maximum atomic E-state index is 9.33. The fraction of sp³-hybridized carbons (Fsp3) is 0.667. The molecule has 1 aromatic rings. The van der Waals surface area contributed by atoms with Crippen LogP contribution < -0.4 is 5.32 Å². The van der Waals surface area contributed by atoms with Crippen molar-refractivity contribution < 1.29 is 0 Å². The zero-order valence-corrected chi connectivity index (χ0v) is 12.3. The highest BCUT2D eigenvalue weighted by molar-refractivity contribution is 5.56. The van der Waals surface area contributed by atoms with Gasteiger partial charge in [0.15, 0.2) is 5.82 Å². The topological polar surface area (TPSA) is 61.6 Å². The summed E-state index contributed by atoms with van der Waals surface area (Å²) in [5.41, 5.74) is 2.65. The van der Waals surface area contributed by atoms with Gasteiger partial charge in [-0.3, -0.25) is 0 Å². The molecule has 1 heterocycles. The highest BCUT2D eigenvalue weighted by atomic mass is 15.2. The summed E-state index contributed by atoms with van der Waals surface area (Å²) in [6.07, 6.45) is 6.46. The number of nitrogens with one attached hydrogen (secondary N) is 1. The fourth-order valence-electron chi connectivity index (χ4n) is 2.18. The van der Waals surface area contributed by atoms with Crippen LogP contribution in [0.25, 0.3) is 0 Å². The number of hydrogen-bond donors (Lipinski definition) is 1. The van der Waals surface area contributed by atoms with Gasteiger partial charge >= 0.3 is 0 Å². The van der Waals surface area contributed by atoms with Crippen LogP contribution in [0, 0.1) is 11.3 Å². The van der Waals surface area contributed by atoms with Gasteiger partial charge in [0.05, 0.1) is 5.69 Å². The molecule has 0 saturated heterocycles. The number of aromatic nitrogens is 2. The summed E-state index contributed by atoms with van der Waals surface area (Å²) >= 11 is 0. The van der Waals surface area contributed by atoms with E-state index < -0.39 is 0 Å². The minimum Gasteiger partial charge on any atom is -0.367 e. The molecule has 0 saturated carbocycles. The second-order valence-corrected chi connectivity index (χ2v) is 4.66. The Labute approximate surface area is 116 Å². The molecule has 19 heavy (non-hydrogen) atoms. The first kappa shape index (κ1) is 15.4. The van der Waals surface area contributed by atoms with Crippen molar-refractivity contribution >= 4 is 5.82 Å². The van der Waals surface area contributed by atoms with Crippen molar-refractivity contribution in [3.05, 3.63) is 16.8 Å². The Morgan fingerprint density at radius 1 is 1.05 bits per heavy atom. The summed E-state index contributed by atoms with van der Waals surface area (Å²) in [6.45, 7) is 7.16. The van der Waals surface area contributed by atoms with Crippen molar-refractivity contribution in [2.75, 3.05) is 11.9 Å². The first-order valence-electron chi connectivity index (χ1n) is 7.30. The molecule has 1 N–H and O–H groups in total. The molecular weight excluding hydrogens is 236 g/mol. The molecule has 0 atom stereocenters. The maximum absolute atomic E-state index is 9.33. The molecule has 0 aliphatic heterocycles. The largest absolute Gasteiger partial charge is 0.367 e. The van der Waals surface area contributed by atoms with E-state index in [-0.39, 0.29) is 0 Å². The van der Waals surface area contributed by atoms with Gasteiger partial charge in [-0.15, -0.1) is 5.10 Å². The van der Waals surface area contributed by atoms with Gasteiger partial charge in [0.25, 0.3) is 0 Å². The Kier molecular flexibility index (Phi) is 6.88. The van der Waals surface area contributed by atoms with Gasteiger partial charge in [-0.25, -0.2) is 0 Å². The van der Waals surface area contributed by atoms with Crippen LogP contribution in [-0.4, -0.2) is 16.7 Å². The molecule has 104 valence electrons. The van der Waals surface area contributed by atoms with Crippen LogP contribution in [0.15, 0.2) is 0 Å². The Balaban J connectivity index is 2.76. The van der Waals surface area contributed by atoms with E-state index >= 15 is 0 Å². The molecule has 0 spiro atoms. The molecular formula is C15H24N4. The lowest BCUT2D eigenvalue weighted by atomic mass is 10.0. The summed E-state index contributed by atoms with van der Waals surface area (Å²) in [7, 11) is 0. The predicted octanol–water partition coefficient (Wildman–Crippen LogP) is 3.47. The van der Waals surface area contributed by atoms with Crippen LogP contribution in [0.1, 0.15) is 63.3 Å². The number of unbranched alkanes of at least 4 members (excludes halogenated alkanes) is 3. The Hall–Kier alpha value is -1.63. The first-order chi connectivity index (χ1) is 9.28. The Bertz CT molecular complexity index is 435. The summed E-state index contributed by atoms with van der Waals surface area (Å²) in [4.78, 5) is 0. The lowest BCUT2D eigenvalue weighted by molar-refractivity contribution is 0.683. The van der Waals surface area contributed by atoms with Crippen molar-refractivity contribution in [1.29, 1.82) is 5.26 Å². The highest BCUT2D eigenvalue weighted by Crippen LogP contribution is 2.19. The Morgan fingerprint density at radius 2 is 1.84 bits per heavy atom. The lowest BCUT2D eigenvalue weighted by Crippen LogP contribution is -2.11. The molecule has 0 bridgehead atoms. The SMILES string of the molecule is CCCCCCNc1nnc(CC)c(CC)c1C#N. The standard InChI is InChI=1S/C15H24N4/c1-4-7-8-9-10-17-15-13(11-16)12(5-2)14(6-3)18-19-15/h4-10H2,1-3H3,(H,17,19). The Morgan fingerprint density at radius 3 is 2.42 bits per heavy atom. The smallest absolute Gasteiger partial charge is 0.166 e. The van der Waals surface area contributed by atoms with Gasteiger partial charge in [-0.1, -0.05) is 40.0 Å². The predicted molar refractivity (Wildman–Crippen MR) is 78.1 cm³/mol. The van der Waals surface area contributed by atoms with E-state index in [1.807, 2.05) is 6.92 Å². The van der Waals surface area contributed by atoms with Crippen LogP contribution in [-0.2, 0) is 12.8 Å². The summed E-state index contributed by atoms with van der Waals surface area (Å²) in [5, 5.41) is 21.0. The quantitative estimate of drug-likeness (QED) is 0.727. The second-order valence-electron chi connectivity index (χ2n) is 4.66. The van der Waals surface area contributed by atoms with Crippen LogP contribution in [0.5, 0.6) is 0 Å². The highest BCUT2D eigenvalue weighted by Gasteiger charge is 2.13. The van der Waals surface area contributed by atoms with E-state index in [9.17, 15) is 5.26 Å². The lowest BCUT2D eigenvalue weighted by Gasteiger charge is -2.11. The van der Waals surface area contributed by atoms with E-state index in [0.717, 1.165) is 37.1 Å². The molecule has 0 amide bonds. The zero-order chi connectivity index (χ0) is 14.1. The summed E-state index contributed by atoms with van der Waals surface area (Å²) in [5.74, 6) is 0.646. The molecule has 1 rings (SSSR count). The van der Waals surface area contributed by atoms with Gasteiger partial charge in [0, 0.05) is 6.54 Å². The molecule has 4 nitrogen and oxygen atoms in total. The van der Waals surface area contributed by atoms with Crippen molar-refractivity contribution in [1.82, 2.24) is 10.2 Å². The molecule has 0 aromatic carbocycles. The van der Waals surface area contributed by atoms with Crippen molar-refractivity contribution in [3.8, 4) is 6.07 Å². The number of anilines is 1. The van der Waals surface area contributed by atoms with Crippen molar-refractivity contribution in [2.24, 2.45) is 0 Å². The number of aryl methyl sites for hydroxylation is 1. The minimum absolute atomic E-state index is 0.646. The van der Waals surface area contributed by atoms with E-state index in [2.05, 4.69) is 35.4 Å². The normalized spacial score (nSPS) is 10.2. The van der Waals surface area contributed by atoms with Crippen molar-refractivity contribution in [3.63, 3.8) is 0 Å².